The molecular weight excluding hydrogens is 450 g/mol. The van der Waals surface area contributed by atoms with Gasteiger partial charge in [-0.05, 0) is 67.7 Å². The van der Waals surface area contributed by atoms with Crippen LogP contribution in [0, 0.1) is 0 Å². The van der Waals surface area contributed by atoms with E-state index < -0.39 is 5.97 Å². The predicted octanol–water partition coefficient (Wildman–Crippen LogP) is 5.43. The van der Waals surface area contributed by atoms with Crippen LogP contribution >= 0.6 is 0 Å². The Morgan fingerprint density at radius 1 is 0.944 bits per heavy atom. The van der Waals surface area contributed by atoms with Crippen molar-refractivity contribution in [3.63, 3.8) is 0 Å². The second-order valence-corrected chi connectivity index (χ2v) is 9.30. The molecule has 1 amide bonds. The van der Waals surface area contributed by atoms with Gasteiger partial charge in [0, 0.05) is 17.8 Å². The van der Waals surface area contributed by atoms with Gasteiger partial charge in [-0.15, -0.1) is 0 Å². The maximum absolute atomic E-state index is 13.1. The SMILES string of the molecule is COC(=O)c1ccc2c(c1)NC(=O)C2=C(Nc1ccc(CCN2CCCCC2)cc1)c1ccccc1. The monoisotopic (exact) mass is 481 g/mol. The van der Waals surface area contributed by atoms with Crippen molar-refractivity contribution >= 4 is 34.5 Å². The first-order valence-corrected chi connectivity index (χ1v) is 12.5. The Hall–Kier alpha value is -3.90. The van der Waals surface area contributed by atoms with Crippen molar-refractivity contribution in [3.8, 4) is 0 Å². The summed E-state index contributed by atoms with van der Waals surface area (Å²) in [4.78, 5) is 27.7. The zero-order valence-electron chi connectivity index (χ0n) is 20.5. The van der Waals surface area contributed by atoms with Crippen LogP contribution < -0.4 is 10.6 Å². The van der Waals surface area contributed by atoms with Crippen LogP contribution in [-0.4, -0.2) is 43.5 Å². The third-order valence-electron chi connectivity index (χ3n) is 6.89. The quantitative estimate of drug-likeness (QED) is 0.348. The number of rotatable bonds is 7. The summed E-state index contributed by atoms with van der Waals surface area (Å²) in [6.07, 6.45) is 5.00. The highest BCUT2D eigenvalue weighted by Gasteiger charge is 2.29. The molecule has 6 nitrogen and oxygen atoms in total. The third-order valence-corrected chi connectivity index (χ3v) is 6.89. The molecule has 6 heteroatoms. The van der Waals surface area contributed by atoms with Crippen molar-refractivity contribution < 1.29 is 14.3 Å². The molecule has 3 aromatic rings. The van der Waals surface area contributed by atoms with Gasteiger partial charge in [-0.2, -0.15) is 0 Å². The van der Waals surface area contributed by atoms with E-state index >= 15 is 0 Å². The summed E-state index contributed by atoms with van der Waals surface area (Å²) in [6.45, 7) is 3.51. The number of carbonyl (C=O) groups is 2. The van der Waals surface area contributed by atoms with Gasteiger partial charge >= 0.3 is 5.97 Å². The van der Waals surface area contributed by atoms with Crippen LogP contribution in [0.25, 0.3) is 11.3 Å². The van der Waals surface area contributed by atoms with E-state index in [4.69, 9.17) is 4.74 Å². The summed E-state index contributed by atoms with van der Waals surface area (Å²) in [5, 5.41) is 6.42. The largest absolute Gasteiger partial charge is 0.465 e. The number of carbonyl (C=O) groups excluding carboxylic acids is 2. The van der Waals surface area contributed by atoms with Gasteiger partial charge in [-0.25, -0.2) is 4.79 Å². The van der Waals surface area contributed by atoms with E-state index in [9.17, 15) is 9.59 Å². The molecule has 1 fully saturated rings. The van der Waals surface area contributed by atoms with Crippen molar-refractivity contribution in [3.05, 3.63) is 95.1 Å². The minimum Gasteiger partial charge on any atom is -0.465 e. The van der Waals surface area contributed by atoms with Crippen LogP contribution in [-0.2, 0) is 16.0 Å². The van der Waals surface area contributed by atoms with E-state index in [0.717, 1.165) is 35.5 Å². The molecule has 0 aliphatic carbocycles. The van der Waals surface area contributed by atoms with Gasteiger partial charge in [0.15, 0.2) is 0 Å². The average molecular weight is 482 g/mol. The Balaban J connectivity index is 1.43. The number of methoxy groups -OCH3 is 1. The molecule has 1 saturated heterocycles. The van der Waals surface area contributed by atoms with Crippen molar-refractivity contribution in [1.29, 1.82) is 0 Å². The Morgan fingerprint density at radius 2 is 1.69 bits per heavy atom. The van der Waals surface area contributed by atoms with Crippen molar-refractivity contribution in [2.45, 2.75) is 25.7 Å². The molecule has 2 heterocycles. The lowest BCUT2D eigenvalue weighted by Gasteiger charge is -2.26. The van der Waals surface area contributed by atoms with Crippen LogP contribution in [0.3, 0.4) is 0 Å². The summed E-state index contributed by atoms with van der Waals surface area (Å²) in [5.74, 6) is -0.650. The smallest absolute Gasteiger partial charge is 0.337 e. The van der Waals surface area contributed by atoms with Gasteiger partial charge in [0.05, 0.1) is 29.6 Å². The van der Waals surface area contributed by atoms with Crippen LogP contribution in [0.2, 0.25) is 0 Å². The van der Waals surface area contributed by atoms with Crippen LogP contribution in [0.5, 0.6) is 0 Å². The van der Waals surface area contributed by atoms with Crippen molar-refractivity contribution in [1.82, 2.24) is 4.90 Å². The maximum atomic E-state index is 13.1. The average Bonchev–Trinajstić information content (AvgIpc) is 3.26. The van der Waals surface area contributed by atoms with Gasteiger partial charge in [-0.3, -0.25) is 4.79 Å². The van der Waals surface area contributed by atoms with E-state index in [1.165, 1.54) is 45.0 Å². The van der Waals surface area contributed by atoms with Gasteiger partial charge in [0.1, 0.15) is 0 Å². The molecule has 0 spiro atoms. The number of likely N-dealkylation sites (tertiary alicyclic amines) is 1. The zero-order valence-corrected chi connectivity index (χ0v) is 20.5. The van der Waals surface area contributed by atoms with Gasteiger partial charge < -0.3 is 20.3 Å². The summed E-state index contributed by atoms with van der Waals surface area (Å²) in [7, 11) is 1.34. The topological polar surface area (TPSA) is 70.7 Å². The Morgan fingerprint density at radius 3 is 2.42 bits per heavy atom. The molecule has 3 aromatic carbocycles. The molecule has 0 saturated carbocycles. The van der Waals surface area contributed by atoms with E-state index in [2.05, 4.69) is 39.8 Å². The minimum atomic E-state index is -0.439. The van der Waals surface area contributed by atoms with E-state index in [-0.39, 0.29) is 5.91 Å². The Bertz CT molecular complexity index is 1280. The van der Waals surface area contributed by atoms with Gasteiger partial charge in [0.2, 0.25) is 0 Å². The van der Waals surface area contributed by atoms with Crippen LogP contribution in [0.1, 0.15) is 46.3 Å². The number of ether oxygens (including phenoxy) is 1. The normalized spacial score (nSPS) is 16.8. The van der Waals surface area contributed by atoms with E-state index in [0.29, 0.717) is 16.8 Å². The van der Waals surface area contributed by atoms with Gasteiger partial charge in [-0.1, -0.05) is 55.0 Å². The molecule has 184 valence electrons. The lowest BCUT2D eigenvalue weighted by molar-refractivity contribution is -0.110. The zero-order chi connectivity index (χ0) is 24.9. The number of benzene rings is 3. The second kappa shape index (κ2) is 10.8. The Labute approximate surface area is 212 Å². The van der Waals surface area contributed by atoms with E-state index in [1.54, 1.807) is 18.2 Å². The second-order valence-electron chi connectivity index (χ2n) is 9.30. The molecule has 0 atom stereocenters. The highest BCUT2D eigenvalue weighted by atomic mass is 16.5. The van der Waals surface area contributed by atoms with Crippen molar-refractivity contribution in [2.24, 2.45) is 0 Å². The number of fused-ring (bicyclic) bond motifs is 1. The standard InChI is InChI=1S/C30H31N3O3/c1-36-30(35)23-12-15-25-26(20-23)32-29(34)27(25)28(22-8-4-2-5-9-22)31-24-13-10-21(11-14-24)16-19-33-17-6-3-7-18-33/h2,4-5,8-15,20,31H,3,6-7,16-19H2,1H3,(H,32,34). The number of hydrogen-bond donors (Lipinski definition) is 2. The molecule has 0 aromatic heterocycles. The first-order valence-electron chi connectivity index (χ1n) is 12.5. The molecule has 2 aliphatic rings. The fraction of sp³-hybridized carbons (Fsp3) is 0.267. The first kappa shape index (κ1) is 23.8. The summed E-state index contributed by atoms with van der Waals surface area (Å²) in [5.41, 5.74) is 6.13. The Kier molecular flexibility index (Phi) is 7.14. The fourth-order valence-electron chi connectivity index (χ4n) is 4.92. The number of nitrogens with one attached hydrogen (secondary N) is 2. The molecule has 0 radical (unpaired) electrons. The van der Waals surface area contributed by atoms with Crippen LogP contribution in [0.4, 0.5) is 11.4 Å². The number of nitrogens with zero attached hydrogens (tertiary/aromatic N) is 1. The molecule has 2 N–H and O–H groups in total. The third kappa shape index (κ3) is 5.19. The minimum absolute atomic E-state index is 0.212. The van der Waals surface area contributed by atoms with Crippen LogP contribution in [0.15, 0.2) is 72.8 Å². The molecule has 0 unspecified atom stereocenters. The molecule has 5 rings (SSSR count). The highest BCUT2D eigenvalue weighted by molar-refractivity contribution is 6.37. The highest BCUT2D eigenvalue weighted by Crippen LogP contribution is 2.38. The molecule has 2 aliphatic heterocycles. The van der Waals surface area contributed by atoms with Crippen molar-refractivity contribution in [2.75, 3.05) is 37.4 Å². The molecular formula is C30H31N3O3. The molecule has 0 bridgehead atoms. The fourth-order valence-corrected chi connectivity index (χ4v) is 4.92. The summed E-state index contributed by atoms with van der Waals surface area (Å²) in [6, 6.07) is 23.4. The molecule has 36 heavy (non-hydrogen) atoms. The summed E-state index contributed by atoms with van der Waals surface area (Å²) >= 11 is 0. The lowest BCUT2D eigenvalue weighted by atomic mass is 9.99. The summed E-state index contributed by atoms with van der Waals surface area (Å²) < 4.78 is 4.83. The number of amides is 1. The number of hydrogen-bond acceptors (Lipinski definition) is 5. The number of anilines is 2. The number of esters is 1. The lowest BCUT2D eigenvalue weighted by Crippen LogP contribution is -2.31. The van der Waals surface area contributed by atoms with E-state index in [1.807, 2.05) is 30.3 Å². The van der Waals surface area contributed by atoms with Gasteiger partial charge in [0.25, 0.3) is 5.91 Å². The maximum Gasteiger partial charge on any atom is 0.337 e. The first-order chi connectivity index (χ1) is 17.6. The number of piperidine rings is 1. The predicted molar refractivity (Wildman–Crippen MR) is 144 cm³/mol.